The van der Waals surface area contributed by atoms with Crippen molar-refractivity contribution in [1.82, 2.24) is 9.62 Å². The highest BCUT2D eigenvalue weighted by atomic mass is 32.2. The number of nitrogens with zero attached hydrogens (tertiary/aromatic N) is 1. The normalized spacial score (nSPS) is 17.0. The molecule has 0 aromatic heterocycles. The van der Waals surface area contributed by atoms with E-state index in [1.807, 2.05) is 6.07 Å². The summed E-state index contributed by atoms with van der Waals surface area (Å²) in [6.45, 7) is 0.918. The summed E-state index contributed by atoms with van der Waals surface area (Å²) in [6.07, 6.45) is 1.48. The van der Waals surface area contributed by atoms with Crippen molar-refractivity contribution in [1.29, 1.82) is 0 Å². The molecule has 1 N–H and O–H groups in total. The molecule has 0 bridgehead atoms. The summed E-state index contributed by atoms with van der Waals surface area (Å²) in [5.74, 6) is -0.782. The van der Waals surface area contributed by atoms with Gasteiger partial charge in [-0.25, -0.2) is 12.8 Å². The molecule has 0 radical (unpaired) electrons. The second-order valence-electron chi connectivity index (χ2n) is 7.20. The van der Waals surface area contributed by atoms with E-state index in [-0.39, 0.29) is 23.9 Å². The molecule has 0 spiro atoms. The van der Waals surface area contributed by atoms with Crippen molar-refractivity contribution >= 4 is 15.9 Å². The Morgan fingerprint density at radius 2 is 1.83 bits per heavy atom. The van der Waals surface area contributed by atoms with E-state index >= 15 is 0 Å². The largest absolute Gasteiger partial charge is 0.385 e. The van der Waals surface area contributed by atoms with Gasteiger partial charge in [0.1, 0.15) is 5.82 Å². The first-order valence-corrected chi connectivity index (χ1v) is 10.9. The second-order valence-corrected chi connectivity index (χ2v) is 9.14. The number of methoxy groups -OCH3 is 1. The lowest BCUT2D eigenvalue weighted by Crippen LogP contribution is -2.56. The number of hydrogen-bond donors (Lipinski definition) is 1. The minimum atomic E-state index is -3.79. The predicted molar refractivity (Wildman–Crippen MR) is 108 cm³/mol. The predicted octanol–water partition coefficient (Wildman–Crippen LogP) is 2.82. The van der Waals surface area contributed by atoms with E-state index in [0.29, 0.717) is 31.4 Å². The van der Waals surface area contributed by atoms with Crippen LogP contribution in [-0.2, 0) is 14.8 Å². The van der Waals surface area contributed by atoms with E-state index in [1.54, 1.807) is 31.4 Å². The molecule has 1 amide bonds. The number of sulfonamides is 1. The molecule has 3 rings (SSSR count). The molecule has 1 heterocycles. The molecule has 1 aliphatic heterocycles. The third-order valence-corrected chi connectivity index (χ3v) is 7.21. The minimum absolute atomic E-state index is 0.0600. The van der Waals surface area contributed by atoms with Crippen LogP contribution in [0.15, 0.2) is 59.5 Å². The molecule has 0 atom stereocenters. The van der Waals surface area contributed by atoms with Crippen molar-refractivity contribution < 1.29 is 22.3 Å². The van der Waals surface area contributed by atoms with Crippen molar-refractivity contribution in [3.63, 3.8) is 0 Å². The molecule has 0 saturated carbocycles. The van der Waals surface area contributed by atoms with Gasteiger partial charge in [-0.3, -0.25) is 4.79 Å². The van der Waals surface area contributed by atoms with Crippen molar-refractivity contribution in [2.75, 3.05) is 26.8 Å². The lowest BCUT2D eigenvalue weighted by Gasteiger charge is -2.42. The Bertz CT molecular complexity index is 942. The highest BCUT2D eigenvalue weighted by Crippen LogP contribution is 2.30. The minimum Gasteiger partial charge on any atom is -0.385 e. The van der Waals surface area contributed by atoms with E-state index in [4.69, 9.17) is 4.74 Å². The van der Waals surface area contributed by atoms with Gasteiger partial charge in [-0.15, -0.1) is 0 Å². The SMILES string of the molecule is COCCC1(NC(=O)c2ccccc2)CCN(S(=O)(=O)c2cccc(F)c2)CC1. The van der Waals surface area contributed by atoms with Crippen LogP contribution in [0.4, 0.5) is 4.39 Å². The molecule has 1 fully saturated rings. The van der Waals surface area contributed by atoms with Gasteiger partial charge in [0.2, 0.25) is 10.0 Å². The fourth-order valence-electron chi connectivity index (χ4n) is 3.57. The summed E-state index contributed by atoms with van der Waals surface area (Å²) < 4.78 is 45.8. The Hall–Kier alpha value is -2.29. The van der Waals surface area contributed by atoms with E-state index < -0.39 is 21.4 Å². The van der Waals surface area contributed by atoms with Crippen LogP contribution < -0.4 is 5.32 Å². The first-order valence-electron chi connectivity index (χ1n) is 9.49. The monoisotopic (exact) mass is 420 g/mol. The fourth-order valence-corrected chi connectivity index (χ4v) is 5.04. The zero-order valence-corrected chi connectivity index (χ0v) is 17.1. The first-order chi connectivity index (χ1) is 13.9. The highest BCUT2D eigenvalue weighted by molar-refractivity contribution is 7.89. The number of nitrogens with one attached hydrogen (secondary N) is 1. The van der Waals surface area contributed by atoms with Gasteiger partial charge in [0.05, 0.1) is 4.90 Å². The summed E-state index contributed by atoms with van der Waals surface area (Å²) in [6, 6.07) is 13.9. The number of halogens is 1. The number of rotatable bonds is 7. The zero-order chi connectivity index (χ0) is 20.9. The van der Waals surface area contributed by atoms with Crippen molar-refractivity contribution in [2.45, 2.75) is 29.7 Å². The van der Waals surface area contributed by atoms with Crippen LogP contribution in [0.5, 0.6) is 0 Å². The maximum Gasteiger partial charge on any atom is 0.251 e. The van der Waals surface area contributed by atoms with Crippen molar-refractivity contribution in [3.05, 3.63) is 66.0 Å². The molecular formula is C21H25FN2O4S. The van der Waals surface area contributed by atoms with Gasteiger partial charge < -0.3 is 10.1 Å². The van der Waals surface area contributed by atoms with Crippen LogP contribution in [0.25, 0.3) is 0 Å². The van der Waals surface area contributed by atoms with Gasteiger partial charge in [0.15, 0.2) is 0 Å². The second kappa shape index (κ2) is 9.02. The van der Waals surface area contributed by atoms with Gasteiger partial charge in [-0.1, -0.05) is 24.3 Å². The topological polar surface area (TPSA) is 75.7 Å². The molecule has 8 heteroatoms. The van der Waals surface area contributed by atoms with Crippen molar-refractivity contribution in [3.8, 4) is 0 Å². The molecule has 6 nitrogen and oxygen atoms in total. The van der Waals surface area contributed by atoms with E-state index in [9.17, 15) is 17.6 Å². The molecule has 1 aliphatic rings. The highest BCUT2D eigenvalue weighted by Gasteiger charge is 2.39. The molecule has 2 aromatic carbocycles. The Balaban J connectivity index is 1.75. The summed E-state index contributed by atoms with van der Waals surface area (Å²) in [7, 11) is -2.19. The lowest BCUT2D eigenvalue weighted by atomic mass is 9.85. The number of carbonyl (C=O) groups excluding carboxylic acids is 1. The van der Waals surface area contributed by atoms with Crippen LogP contribution >= 0.6 is 0 Å². The summed E-state index contributed by atoms with van der Waals surface area (Å²) >= 11 is 0. The molecule has 29 heavy (non-hydrogen) atoms. The van der Waals surface area contributed by atoms with E-state index in [2.05, 4.69) is 5.32 Å². The molecule has 156 valence electrons. The summed E-state index contributed by atoms with van der Waals surface area (Å²) in [4.78, 5) is 12.6. The lowest BCUT2D eigenvalue weighted by molar-refractivity contribution is 0.0783. The van der Waals surface area contributed by atoms with Gasteiger partial charge >= 0.3 is 0 Å². The summed E-state index contributed by atoms with van der Waals surface area (Å²) in [5.41, 5.74) is -0.00391. The number of piperidine rings is 1. The number of ether oxygens (including phenoxy) is 1. The third kappa shape index (κ3) is 5.01. The fraction of sp³-hybridized carbons (Fsp3) is 0.381. The van der Waals surface area contributed by atoms with Crippen molar-refractivity contribution in [2.24, 2.45) is 0 Å². The molecule has 1 saturated heterocycles. The van der Waals surface area contributed by atoms with E-state index in [0.717, 1.165) is 6.07 Å². The number of amides is 1. The maximum atomic E-state index is 13.5. The number of carbonyl (C=O) groups is 1. The smallest absolute Gasteiger partial charge is 0.251 e. The van der Waals surface area contributed by atoms with Gasteiger partial charge in [0.25, 0.3) is 5.91 Å². The molecule has 0 aliphatic carbocycles. The maximum absolute atomic E-state index is 13.5. The van der Waals surface area contributed by atoms with Crippen LogP contribution in [0, 0.1) is 5.82 Å². The molecule has 0 unspecified atom stereocenters. The first kappa shape index (κ1) is 21.4. The molecule has 2 aromatic rings. The third-order valence-electron chi connectivity index (χ3n) is 5.31. The molecular weight excluding hydrogens is 395 g/mol. The van der Waals surface area contributed by atoms with E-state index in [1.165, 1.54) is 22.5 Å². The van der Waals surface area contributed by atoms with Gasteiger partial charge in [-0.05, 0) is 49.6 Å². The zero-order valence-electron chi connectivity index (χ0n) is 16.3. The quantitative estimate of drug-likeness (QED) is 0.747. The number of benzene rings is 2. The summed E-state index contributed by atoms with van der Waals surface area (Å²) in [5, 5.41) is 3.10. The Kier molecular flexibility index (Phi) is 6.66. The van der Waals surface area contributed by atoms with Gasteiger partial charge in [0, 0.05) is 37.9 Å². The standard InChI is InChI=1S/C21H25FN2O4S/c1-28-15-12-21(23-20(25)17-6-3-2-4-7-17)10-13-24(14-11-21)29(26,27)19-9-5-8-18(22)16-19/h2-9,16H,10-15H2,1H3,(H,23,25). The van der Waals surface area contributed by atoms with Gasteiger partial charge in [-0.2, -0.15) is 4.31 Å². The Morgan fingerprint density at radius 3 is 2.45 bits per heavy atom. The Labute approximate surface area is 170 Å². The average Bonchev–Trinajstić information content (AvgIpc) is 2.73. The number of hydrogen-bond acceptors (Lipinski definition) is 4. The Morgan fingerprint density at radius 1 is 1.14 bits per heavy atom. The van der Waals surface area contributed by atoms with Crippen LogP contribution in [0.2, 0.25) is 0 Å². The van der Waals surface area contributed by atoms with Crippen LogP contribution in [-0.4, -0.2) is 51.0 Å². The van der Waals surface area contributed by atoms with Crippen LogP contribution in [0.3, 0.4) is 0 Å². The van der Waals surface area contributed by atoms with Crippen LogP contribution in [0.1, 0.15) is 29.6 Å². The average molecular weight is 421 g/mol.